The van der Waals surface area contributed by atoms with Crippen LogP contribution < -0.4 is 0 Å². The molecule has 8 heteroatoms. The van der Waals surface area contributed by atoms with E-state index in [9.17, 15) is 24.0 Å². The molecule has 0 aromatic heterocycles. The number of hydrogen-bond acceptors (Lipinski definition) is 8. The molecule has 0 aromatic carbocycles. The molecule has 4 aliphatic rings. The fourth-order valence-electron chi connectivity index (χ4n) is 3.71. The smallest absolute Gasteiger partial charge is 0.317 e. The van der Waals surface area contributed by atoms with Gasteiger partial charge in [-0.2, -0.15) is 0 Å². The highest BCUT2D eigenvalue weighted by molar-refractivity contribution is 5.94. The molecule has 0 bridgehead atoms. The fraction of sp³-hybridized carbons (Fsp3) is 0.833. The van der Waals surface area contributed by atoms with Gasteiger partial charge in [-0.05, 0) is 12.3 Å². The van der Waals surface area contributed by atoms with E-state index in [4.69, 9.17) is 0 Å². The molecule has 2 saturated heterocycles. The molecular formula is C30H56O8. The van der Waals surface area contributed by atoms with Crippen LogP contribution in [0.4, 0.5) is 0 Å². The van der Waals surface area contributed by atoms with E-state index in [-0.39, 0.29) is 43.1 Å². The van der Waals surface area contributed by atoms with Gasteiger partial charge in [0.15, 0.2) is 0 Å². The molecule has 0 aromatic rings. The minimum atomic E-state index is -0.398. The third kappa shape index (κ3) is 24.1. The molecule has 1 atom stereocenters. The summed E-state index contributed by atoms with van der Waals surface area (Å²) in [6, 6.07) is 0. The van der Waals surface area contributed by atoms with E-state index in [2.05, 4.69) is 21.1 Å². The molecule has 1 unspecified atom stereocenters. The summed E-state index contributed by atoms with van der Waals surface area (Å²) in [5, 5.41) is 0. The normalized spacial score (nSPS) is 19.0. The van der Waals surface area contributed by atoms with Crippen molar-refractivity contribution >= 4 is 29.8 Å². The van der Waals surface area contributed by atoms with Crippen LogP contribution in [0.2, 0.25) is 0 Å². The minimum absolute atomic E-state index is 0.157. The first kappa shape index (κ1) is 40.2. The SMILES string of the molecule is C1CCCC1.CC.CC.CCC(=O)OC.CCC1CC(=O)OC1=O.CCC1CCCC1.O=C1CCC(=O)O1. The van der Waals surface area contributed by atoms with E-state index >= 15 is 0 Å². The second-order valence-corrected chi connectivity index (χ2v) is 8.70. The molecule has 224 valence electrons. The van der Waals surface area contributed by atoms with Crippen LogP contribution in [0.3, 0.4) is 0 Å². The molecule has 0 spiro atoms. The Kier molecular flexibility index (Phi) is 31.0. The van der Waals surface area contributed by atoms with Crippen molar-refractivity contribution in [3.63, 3.8) is 0 Å². The number of rotatable bonds is 3. The first-order chi connectivity index (χ1) is 18.3. The van der Waals surface area contributed by atoms with Gasteiger partial charge in [0.05, 0.1) is 32.3 Å². The van der Waals surface area contributed by atoms with Crippen LogP contribution in [0, 0.1) is 11.8 Å². The van der Waals surface area contributed by atoms with Crippen LogP contribution in [0.25, 0.3) is 0 Å². The van der Waals surface area contributed by atoms with Crippen LogP contribution in [0.5, 0.6) is 0 Å². The number of ether oxygens (including phenoxy) is 3. The summed E-state index contributed by atoms with van der Waals surface area (Å²) < 4.78 is 12.6. The second-order valence-electron chi connectivity index (χ2n) is 8.70. The predicted molar refractivity (Wildman–Crippen MR) is 150 cm³/mol. The lowest BCUT2D eigenvalue weighted by Crippen LogP contribution is -2.04. The van der Waals surface area contributed by atoms with Crippen LogP contribution in [-0.4, -0.2) is 37.0 Å². The minimum Gasteiger partial charge on any atom is -0.469 e. The van der Waals surface area contributed by atoms with Crippen molar-refractivity contribution in [2.45, 2.75) is 145 Å². The largest absolute Gasteiger partial charge is 0.469 e. The van der Waals surface area contributed by atoms with Gasteiger partial charge in [-0.15, -0.1) is 0 Å². The predicted octanol–water partition coefficient (Wildman–Crippen LogP) is 7.50. The third-order valence-corrected chi connectivity index (χ3v) is 6.03. The highest BCUT2D eigenvalue weighted by atomic mass is 16.6. The number of carbonyl (C=O) groups is 5. The monoisotopic (exact) mass is 544 g/mol. The highest BCUT2D eigenvalue weighted by Gasteiger charge is 2.31. The van der Waals surface area contributed by atoms with Gasteiger partial charge in [-0.3, -0.25) is 24.0 Å². The summed E-state index contributed by atoms with van der Waals surface area (Å²) in [7, 11) is 1.38. The van der Waals surface area contributed by atoms with E-state index in [0.717, 1.165) is 5.92 Å². The molecule has 0 amide bonds. The van der Waals surface area contributed by atoms with Gasteiger partial charge in [0.1, 0.15) is 0 Å². The Bertz CT molecular complexity index is 592. The van der Waals surface area contributed by atoms with Crippen molar-refractivity contribution in [2.75, 3.05) is 7.11 Å². The van der Waals surface area contributed by atoms with E-state index in [1.807, 2.05) is 34.6 Å². The first-order valence-corrected chi connectivity index (χ1v) is 14.8. The molecule has 0 N–H and O–H groups in total. The lowest BCUT2D eigenvalue weighted by Gasteiger charge is -1.99. The lowest BCUT2D eigenvalue weighted by molar-refractivity contribution is -0.154. The Morgan fingerprint density at radius 1 is 0.711 bits per heavy atom. The topological polar surface area (TPSA) is 113 Å². The van der Waals surface area contributed by atoms with Crippen molar-refractivity contribution in [2.24, 2.45) is 11.8 Å². The van der Waals surface area contributed by atoms with Crippen molar-refractivity contribution in [1.29, 1.82) is 0 Å². The van der Waals surface area contributed by atoms with E-state index in [1.165, 1.54) is 71.3 Å². The molecule has 2 saturated carbocycles. The molecule has 8 nitrogen and oxygen atoms in total. The summed E-state index contributed by atoms with van der Waals surface area (Å²) in [5.41, 5.74) is 0. The van der Waals surface area contributed by atoms with Gasteiger partial charge in [0, 0.05) is 6.42 Å². The van der Waals surface area contributed by atoms with Crippen molar-refractivity contribution < 1.29 is 38.2 Å². The van der Waals surface area contributed by atoms with Gasteiger partial charge in [0.25, 0.3) is 0 Å². The summed E-state index contributed by atoms with van der Waals surface area (Å²) in [4.78, 5) is 50.9. The standard InChI is InChI=1S/C7H14.C6H8O3.C5H10.C4H4O3.C4H8O2.2C2H6/c1-2-7-5-3-4-6-7;1-2-4-3-5(7)9-6(4)8;1-2-4-5-3-1;5-3-1-2-4(6)7-3;1-3-4(5)6-2;2*1-2/h7H,2-6H2,1H3;4H,2-3H2,1H3;1-5H2;1-2H2;3H2,1-2H3;2*1-2H3. The zero-order valence-electron chi connectivity index (χ0n) is 25.5. The number of cyclic esters (lactones) is 4. The molecule has 2 aliphatic carbocycles. The average molecular weight is 545 g/mol. The first-order valence-electron chi connectivity index (χ1n) is 14.8. The molecule has 4 rings (SSSR count). The molecule has 0 radical (unpaired) electrons. The zero-order chi connectivity index (χ0) is 29.8. The molecule has 2 heterocycles. The van der Waals surface area contributed by atoms with Gasteiger partial charge in [-0.1, -0.05) is 113 Å². The van der Waals surface area contributed by atoms with Crippen molar-refractivity contribution in [3.05, 3.63) is 0 Å². The van der Waals surface area contributed by atoms with Gasteiger partial charge in [0.2, 0.25) is 0 Å². The van der Waals surface area contributed by atoms with Gasteiger partial charge in [-0.25, -0.2) is 0 Å². The number of methoxy groups -OCH3 is 1. The van der Waals surface area contributed by atoms with Crippen LogP contribution in [0.1, 0.15) is 145 Å². The Labute approximate surface area is 231 Å². The summed E-state index contributed by atoms with van der Waals surface area (Å²) in [6.45, 7) is 13.9. The Morgan fingerprint density at radius 2 is 1.16 bits per heavy atom. The quantitative estimate of drug-likeness (QED) is 0.204. The number of carbonyl (C=O) groups excluding carboxylic acids is 5. The number of hydrogen-bond donors (Lipinski definition) is 0. The fourth-order valence-corrected chi connectivity index (χ4v) is 3.71. The summed E-state index contributed by atoms with van der Waals surface area (Å²) in [6.07, 6.45) is 16.9. The van der Waals surface area contributed by atoms with E-state index in [0.29, 0.717) is 12.8 Å². The molecular weight excluding hydrogens is 488 g/mol. The van der Waals surface area contributed by atoms with Crippen LogP contribution in [0.15, 0.2) is 0 Å². The van der Waals surface area contributed by atoms with Crippen LogP contribution in [-0.2, 0) is 38.2 Å². The second kappa shape index (κ2) is 29.3. The van der Waals surface area contributed by atoms with Gasteiger partial charge < -0.3 is 14.2 Å². The number of esters is 5. The van der Waals surface area contributed by atoms with Crippen LogP contribution >= 0.6 is 0 Å². The van der Waals surface area contributed by atoms with E-state index < -0.39 is 11.9 Å². The lowest BCUT2D eigenvalue weighted by atomic mass is 10.1. The van der Waals surface area contributed by atoms with Crippen molar-refractivity contribution in [3.8, 4) is 0 Å². The summed E-state index contributed by atoms with van der Waals surface area (Å²) in [5.74, 6) is -0.767. The molecule has 4 fully saturated rings. The van der Waals surface area contributed by atoms with E-state index in [1.54, 1.807) is 6.92 Å². The van der Waals surface area contributed by atoms with Gasteiger partial charge >= 0.3 is 29.8 Å². The maximum Gasteiger partial charge on any atom is 0.317 e. The van der Waals surface area contributed by atoms with Crippen molar-refractivity contribution in [1.82, 2.24) is 0 Å². The summed E-state index contributed by atoms with van der Waals surface area (Å²) >= 11 is 0. The maximum absolute atomic E-state index is 10.6. The highest BCUT2D eigenvalue weighted by Crippen LogP contribution is 2.26. The Morgan fingerprint density at radius 3 is 1.32 bits per heavy atom. The Hall–Kier alpha value is -2.25. The third-order valence-electron chi connectivity index (χ3n) is 6.03. The average Bonchev–Trinajstić information content (AvgIpc) is 3.77. The molecule has 38 heavy (non-hydrogen) atoms. The maximum atomic E-state index is 10.6. The Balaban J connectivity index is -0.000000394. The zero-order valence-corrected chi connectivity index (χ0v) is 25.5. The molecule has 2 aliphatic heterocycles.